The molecule has 32 heavy (non-hydrogen) atoms. The van der Waals surface area contributed by atoms with Crippen molar-refractivity contribution in [3.8, 4) is 0 Å². The number of benzene rings is 4. The summed E-state index contributed by atoms with van der Waals surface area (Å²) in [6.07, 6.45) is 4.78. The molecule has 5 aromatic rings. The van der Waals surface area contributed by atoms with Crippen LogP contribution in [0.2, 0.25) is 0 Å². The Hall–Kier alpha value is -3.84. The van der Waals surface area contributed by atoms with E-state index < -0.39 is 0 Å². The van der Waals surface area contributed by atoms with E-state index in [2.05, 4.69) is 126 Å². The summed E-state index contributed by atoms with van der Waals surface area (Å²) < 4.78 is 0. The largest absolute Gasteiger partial charge is 0.355 e. The molecule has 1 nitrogen and oxygen atoms in total. The first-order valence-electron chi connectivity index (χ1n) is 11.4. The molecule has 0 spiro atoms. The summed E-state index contributed by atoms with van der Waals surface area (Å²) in [5.74, 6) is 0.610. The van der Waals surface area contributed by atoms with Gasteiger partial charge in [0.25, 0.3) is 0 Å². The van der Waals surface area contributed by atoms with Gasteiger partial charge in [-0.1, -0.05) is 109 Å². The summed E-state index contributed by atoms with van der Waals surface area (Å²) in [6, 6.07) is 40.1. The molecule has 0 radical (unpaired) electrons. The maximum absolute atomic E-state index is 3.68. The van der Waals surface area contributed by atoms with E-state index in [1.807, 2.05) is 0 Å². The molecule has 152 valence electrons. The number of rotatable bonds is 2. The smallest absolute Gasteiger partial charge is 0.0525 e. The van der Waals surface area contributed by atoms with E-state index in [1.54, 1.807) is 0 Å². The Labute approximate surface area is 188 Å². The van der Waals surface area contributed by atoms with Crippen LogP contribution in [-0.2, 0) is 5.41 Å². The zero-order valence-electron chi connectivity index (χ0n) is 17.7. The van der Waals surface area contributed by atoms with Crippen molar-refractivity contribution in [1.82, 2.24) is 4.98 Å². The highest BCUT2D eigenvalue weighted by Crippen LogP contribution is 2.62. The fourth-order valence-corrected chi connectivity index (χ4v) is 6.46. The second kappa shape index (κ2) is 6.58. The van der Waals surface area contributed by atoms with Gasteiger partial charge in [-0.25, -0.2) is 0 Å². The zero-order valence-corrected chi connectivity index (χ0v) is 17.7. The van der Waals surface area contributed by atoms with Crippen LogP contribution in [-0.4, -0.2) is 4.98 Å². The molecule has 0 bridgehead atoms. The van der Waals surface area contributed by atoms with Crippen LogP contribution in [0.5, 0.6) is 0 Å². The third-order valence-electron chi connectivity index (χ3n) is 7.60. The number of nitrogens with one attached hydrogen (secondary N) is 1. The number of aromatic amines is 1. The van der Waals surface area contributed by atoms with E-state index >= 15 is 0 Å². The van der Waals surface area contributed by atoms with Crippen molar-refractivity contribution >= 4 is 17.0 Å². The van der Waals surface area contributed by atoms with Gasteiger partial charge in [0.2, 0.25) is 0 Å². The molecular weight excluding hydrogens is 386 g/mol. The Bertz CT molecular complexity index is 1430. The Balaban J connectivity index is 1.61. The van der Waals surface area contributed by atoms with E-state index in [0.717, 1.165) is 0 Å². The minimum Gasteiger partial charge on any atom is -0.355 e. The van der Waals surface area contributed by atoms with Crippen molar-refractivity contribution < 1.29 is 0 Å². The standard InChI is InChI=1S/C31H23N/c1-3-11-21(12-4-1)31(22-13-5-2-6-14-22)25-17-9-7-15-23(25)29-26(31)19-20-28-30(29)24-16-8-10-18-27(24)32-28/h1-20,26,29,32H. The van der Waals surface area contributed by atoms with E-state index in [0.29, 0.717) is 11.8 Å². The first kappa shape index (κ1) is 17.8. The molecule has 1 aromatic heterocycles. The van der Waals surface area contributed by atoms with Gasteiger partial charge in [-0.15, -0.1) is 0 Å². The van der Waals surface area contributed by atoms with Crippen molar-refractivity contribution in [3.63, 3.8) is 0 Å². The summed E-state index contributed by atoms with van der Waals surface area (Å²) in [4.78, 5) is 3.68. The number of hydrogen-bond donors (Lipinski definition) is 1. The van der Waals surface area contributed by atoms with Crippen LogP contribution in [0, 0.1) is 5.92 Å². The number of allylic oxidation sites excluding steroid dienone is 1. The van der Waals surface area contributed by atoms with Crippen LogP contribution in [0.1, 0.15) is 39.4 Å². The fraction of sp³-hybridized carbons (Fsp3) is 0.0968. The molecule has 7 rings (SSSR count). The number of hydrogen-bond acceptors (Lipinski definition) is 0. The second-order valence-electron chi connectivity index (χ2n) is 8.99. The van der Waals surface area contributed by atoms with E-state index in [1.165, 1.54) is 44.4 Å². The van der Waals surface area contributed by atoms with Gasteiger partial charge in [-0.2, -0.15) is 0 Å². The van der Waals surface area contributed by atoms with Gasteiger partial charge in [-0.3, -0.25) is 0 Å². The zero-order chi connectivity index (χ0) is 21.1. The number of para-hydroxylation sites is 1. The van der Waals surface area contributed by atoms with Gasteiger partial charge in [0.15, 0.2) is 0 Å². The minimum absolute atomic E-state index is 0.226. The monoisotopic (exact) mass is 409 g/mol. The molecule has 2 atom stereocenters. The van der Waals surface area contributed by atoms with Crippen molar-refractivity contribution in [2.75, 3.05) is 0 Å². The van der Waals surface area contributed by atoms with Crippen molar-refractivity contribution in [2.24, 2.45) is 5.92 Å². The highest BCUT2D eigenvalue weighted by molar-refractivity contribution is 5.90. The molecule has 4 aromatic carbocycles. The molecule has 2 unspecified atom stereocenters. The van der Waals surface area contributed by atoms with Crippen molar-refractivity contribution in [3.05, 3.63) is 149 Å². The summed E-state index contributed by atoms with van der Waals surface area (Å²) in [5.41, 5.74) is 9.27. The van der Waals surface area contributed by atoms with Crippen LogP contribution in [0.3, 0.4) is 0 Å². The number of H-pyrrole nitrogens is 1. The van der Waals surface area contributed by atoms with Crippen LogP contribution < -0.4 is 0 Å². The van der Waals surface area contributed by atoms with Gasteiger partial charge in [-0.05, 0) is 40.0 Å². The van der Waals surface area contributed by atoms with E-state index in [9.17, 15) is 0 Å². The molecule has 0 amide bonds. The lowest BCUT2D eigenvalue weighted by atomic mass is 9.62. The second-order valence-corrected chi connectivity index (χ2v) is 8.99. The van der Waals surface area contributed by atoms with Gasteiger partial charge < -0.3 is 4.98 Å². The molecule has 2 aliphatic carbocycles. The maximum atomic E-state index is 3.68. The number of aromatic nitrogens is 1. The van der Waals surface area contributed by atoms with Crippen LogP contribution >= 0.6 is 0 Å². The van der Waals surface area contributed by atoms with E-state index in [4.69, 9.17) is 0 Å². The highest BCUT2D eigenvalue weighted by atomic mass is 14.7. The maximum Gasteiger partial charge on any atom is 0.0525 e. The Morgan fingerprint density at radius 3 is 2.00 bits per heavy atom. The fourth-order valence-electron chi connectivity index (χ4n) is 6.46. The predicted molar refractivity (Wildman–Crippen MR) is 132 cm³/mol. The van der Waals surface area contributed by atoms with Crippen LogP contribution in [0.15, 0.2) is 115 Å². The lowest BCUT2D eigenvalue weighted by Crippen LogP contribution is -2.35. The minimum atomic E-state index is -0.226. The molecule has 0 saturated carbocycles. The lowest BCUT2D eigenvalue weighted by molar-refractivity contribution is 0.452. The molecule has 1 heterocycles. The average molecular weight is 410 g/mol. The first-order valence-corrected chi connectivity index (χ1v) is 11.4. The lowest BCUT2D eigenvalue weighted by Gasteiger charge is -2.39. The molecule has 0 saturated heterocycles. The molecule has 2 aliphatic rings. The summed E-state index contributed by atoms with van der Waals surface area (Å²) in [6.45, 7) is 0. The molecule has 0 fully saturated rings. The predicted octanol–water partition coefficient (Wildman–Crippen LogP) is 7.29. The van der Waals surface area contributed by atoms with Crippen LogP contribution in [0.25, 0.3) is 17.0 Å². The van der Waals surface area contributed by atoms with E-state index in [-0.39, 0.29) is 5.41 Å². The average Bonchev–Trinajstić information content (AvgIpc) is 3.39. The Morgan fingerprint density at radius 2 is 1.25 bits per heavy atom. The third kappa shape index (κ3) is 2.18. The SMILES string of the molecule is C1=CC2C(c3ccccc3C2(c2ccccc2)c2ccccc2)c2c1[nH]c1ccccc21. The molecule has 1 heteroatoms. The highest BCUT2D eigenvalue weighted by Gasteiger charge is 2.55. The van der Waals surface area contributed by atoms with Gasteiger partial charge in [0, 0.05) is 28.4 Å². The first-order chi connectivity index (χ1) is 15.9. The Morgan fingerprint density at radius 1 is 0.625 bits per heavy atom. The number of fused-ring (bicyclic) bond motifs is 7. The topological polar surface area (TPSA) is 15.8 Å². The summed E-state index contributed by atoms with van der Waals surface area (Å²) in [5, 5.41) is 1.34. The molecule has 1 N–H and O–H groups in total. The molecule has 0 aliphatic heterocycles. The van der Waals surface area contributed by atoms with Gasteiger partial charge in [0.05, 0.1) is 5.41 Å². The normalized spacial score (nSPS) is 20.0. The van der Waals surface area contributed by atoms with Crippen molar-refractivity contribution in [2.45, 2.75) is 11.3 Å². The summed E-state index contributed by atoms with van der Waals surface area (Å²) >= 11 is 0. The third-order valence-corrected chi connectivity index (χ3v) is 7.60. The quantitative estimate of drug-likeness (QED) is 0.315. The van der Waals surface area contributed by atoms with Gasteiger partial charge in [0.1, 0.15) is 0 Å². The van der Waals surface area contributed by atoms with Gasteiger partial charge >= 0.3 is 0 Å². The van der Waals surface area contributed by atoms with Crippen molar-refractivity contribution in [1.29, 1.82) is 0 Å². The van der Waals surface area contributed by atoms with Crippen LogP contribution in [0.4, 0.5) is 0 Å². The summed E-state index contributed by atoms with van der Waals surface area (Å²) in [7, 11) is 0. The Kier molecular flexibility index (Phi) is 3.66. The molecular formula is C31H23N.